The van der Waals surface area contributed by atoms with Crippen LogP contribution in [0.2, 0.25) is 0 Å². The Morgan fingerprint density at radius 2 is 2.24 bits per heavy atom. The van der Waals surface area contributed by atoms with Gasteiger partial charge < -0.3 is 14.8 Å². The van der Waals surface area contributed by atoms with Crippen molar-refractivity contribution in [1.82, 2.24) is 10.3 Å². The second-order valence-corrected chi connectivity index (χ2v) is 3.87. The predicted octanol–water partition coefficient (Wildman–Crippen LogP) is 2.00. The normalized spacial score (nSPS) is 10.5. The molecule has 4 nitrogen and oxygen atoms in total. The molecule has 0 fully saturated rings. The van der Waals surface area contributed by atoms with E-state index in [1.165, 1.54) is 5.56 Å². The van der Waals surface area contributed by atoms with Gasteiger partial charge in [-0.2, -0.15) is 0 Å². The average Bonchev–Trinajstić information content (AvgIpc) is 2.36. The summed E-state index contributed by atoms with van der Waals surface area (Å²) in [6.45, 7) is 5.42. The number of rotatable bonds is 9. The standard InChI is InChI=1S/C13H22N2O2/c1-3-6-14-11-12-5-7-15-13(10-12)17-9-4-8-16-2/h5,7,10,14H,3-4,6,8-9,11H2,1-2H3. The van der Waals surface area contributed by atoms with Crippen molar-refractivity contribution in [3.8, 4) is 5.88 Å². The fourth-order valence-corrected chi connectivity index (χ4v) is 1.43. The van der Waals surface area contributed by atoms with Crippen LogP contribution in [-0.2, 0) is 11.3 Å². The van der Waals surface area contributed by atoms with Gasteiger partial charge in [0.25, 0.3) is 0 Å². The molecule has 1 rings (SSSR count). The smallest absolute Gasteiger partial charge is 0.213 e. The Morgan fingerprint density at radius 1 is 1.35 bits per heavy atom. The largest absolute Gasteiger partial charge is 0.478 e. The van der Waals surface area contributed by atoms with Crippen molar-refractivity contribution in [1.29, 1.82) is 0 Å². The molecule has 17 heavy (non-hydrogen) atoms. The van der Waals surface area contributed by atoms with E-state index < -0.39 is 0 Å². The van der Waals surface area contributed by atoms with Crippen LogP contribution in [-0.4, -0.2) is 31.9 Å². The first kappa shape index (κ1) is 13.9. The third kappa shape index (κ3) is 6.24. The summed E-state index contributed by atoms with van der Waals surface area (Å²) in [5.74, 6) is 0.692. The minimum absolute atomic E-state index is 0.646. The van der Waals surface area contributed by atoms with Crippen LogP contribution in [0.5, 0.6) is 5.88 Å². The molecule has 1 N–H and O–H groups in total. The zero-order chi connectivity index (χ0) is 12.3. The summed E-state index contributed by atoms with van der Waals surface area (Å²) in [6.07, 6.45) is 3.82. The number of nitrogens with one attached hydrogen (secondary N) is 1. The molecule has 1 aromatic rings. The zero-order valence-electron chi connectivity index (χ0n) is 10.7. The maximum absolute atomic E-state index is 5.54. The van der Waals surface area contributed by atoms with Gasteiger partial charge in [0.05, 0.1) is 6.61 Å². The van der Waals surface area contributed by atoms with Crippen molar-refractivity contribution in [3.05, 3.63) is 23.9 Å². The highest BCUT2D eigenvalue weighted by Crippen LogP contribution is 2.09. The number of nitrogens with zero attached hydrogens (tertiary/aromatic N) is 1. The molecule has 0 unspecified atom stereocenters. The van der Waals surface area contributed by atoms with Crippen molar-refractivity contribution in [2.24, 2.45) is 0 Å². The molecule has 0 spiro atoms. The van der Waals surface area contributed by atoms with E-state index in [2.05, 4.69) is 17.2 Å². The van der Waals surface area contributed by atoms with E-state index in [0.29, 0.717) is 12.5 Å². The lowest BCUT2D eigenvalue weighted by atomic mass is 10.2. The third-order valence-electron chi connectivity index (χ3n) is 2.30. The first-order valence-electron chi connectivity index (χ1n) is 6.14. The Balaban J connectivity index is 2.31. The maximum atomic E-state index is 5.54. The quantitative estimate of drug-likeness (QED) is 0.668. The van der Waals surface area contributed by atoms with Gasteiger partial charge in [-0.3, -0.25) is 0 Å². The summed E-state index contributed by atoms with van der Waals surface area (Å²) in [4.78, 5) is 4.17. The van der Waals surface area contributed by atoms with Gasteiger partial charge in [0, 0.05) is 38.9 Å². The highest BCUT2D eigenvalue weighted by atomic mass is 16.5. The lowest BCUT2D eigenvalue weighted by Crippen LogP contribution is -2.14. The van der Waals surface area contributed by atoms with Crippen LogP contribution in [0.1, 0.15) is 25.3 Å². The number of ether oxygens (including phenoxy) is 2. The molecule has 0 aliphatic carbocycles. The summed E-state index contributed by atoms with van der Waals surface area (Å²) < 4.78 is 10.5. The Kier molecular flexibility index (Phi) is 7.34. The molecule has 0 atom stereocenters. The SMILES string of the molecule is CCCNCc1ccnc(OCCCOC)c1. The van der Waals surface area contributed by atoms with E-state index in [4.69, 9.17) is 9.47 Å². The van der Waals surface area contributed by atoms with E-state index in [1.807, 2.05) is 12.1 Å². The van der Waals surface area contributed by atoms with E-state index >= 15 is 0 Å². The minimum atomic E-state index is 0.646. The summed E-state index contributed by atoms with van der Waals surface area (Å²) in [7, 11) is 1.69. The molecular formula is C13H22N2O2. The molecule has 0 aliphatic heterocycles. The topological polar surface area (TPSA) is 43.4 Å². The fourth-order valence-electron chi connectivity index (χ4n) is 1.43. The summed E-state index contributed by atoms with van der Waals surface area (Å²) in [6, 6.07) is 3.99. The number of methoxy groups -OCH3 is 1. The van der Waals surface area contributed by atoms with Gasteiger partial charge in [0.15, 0.2) is 0 Å². The van der Waals surface area contributed by atoms with E-state index in [-0.39, 0.29) is 0 Å². The van der Waals surface area contributed by atoms with Crippen LogP contribution >= 0.6 is 0 Å². The van der Waals surface area contributed by atoms with Crippen LogP contribution in [0.15, 0.2) is 18.3 Å². The van der Waals surface area contributed by atoms with Crippen LogP contribution in [0.4, 0.5) is 0 Å². The van der Waals surface area contributed by atoms with Gasteiger partial charge in [0.1, 0.15) is 0 Å². The van der Waals surface area contributed by atoms with E-state index in [0.717, 1.165) is 32.5 Å². The minimum Gasteiger partial charge on any atom is -0.478 e. The van der Waals surface area contributed by atoms with Gasteiger partial charge in [-0.25, -0.2) is 4.98 Å². The van der Waals surface area contributed by atoms with Crippen molar-refractivity contribution in [3.63, 3.8) is 0 Å². The van der Waals surface area contributed by atoms with Gasteiger partial charge in [-0.05, 0) is 24.6 Å². The second-order valence-electron chi connectivity index (χ2n) is 3.87. The lowest BCUT2D eigenvalue weighted by molar-refractivity contribution is 0.170. The Hall–Kier alpha value is -1.13. The van der Waals surface area contributed by atoms with Crippen LogP contribution < -0.4 is 10.1 Å². The highest BCUT2D eigenvalue weighted by molar-refractivity contribution is 5.20. The molecule has 1 aromatic heterocycles. The molecule has 96 valence electrons. The molecule has 0 aliphatic rings. The van der Waals surface area contributed by atoms with Gasteiger partial charge in [-0.1, -0.05) is 6.92 Å². The number of pyridine rings is 1. The number of hydrogen-bond acceptors (Lipinski definition) is 4. The molecule has 0 bridgehead atoms. The third-order valence-corrected chi connectivity index (χ3v) is 2.30. The molecule has 0 amide bonds. The van der Waals surface area contributed by atoms with Gasteiger partial charge >= 0.3 is 0 Å². The van der Waals surface area contributed by atoms with E-state index in [9.17, 15) is 0 Å². The van der Waals surface area contributed by atoms with Crippen molar-refractivity contribution in [2.45, 2.75) is 26.3 Å². The molecular weight excluding hydrogens is 216 g/mol. The highest BCUT2D eigenvalue weighted by Gasteiger charge is 1.98. The molecule has 4 heteroatoms. The fraction of sp³-hybridized carbons (Fsp3) is 0.615. The van der Waals surface area contributed by atoms with Gasteiger partial charge in [-0.15, -0.1) is 0 Å². The van der Waals surface area contributed by atoms with Crippen LogP contribution in [0, 0.1) is 0 Å². The maximum Gasteiger partial charge on any atom is 0.213 e. The predicted molar refractivity (Wildman–Crippen MR) is 68.2 cm³/mol. The van der Waals surface area contributed by atoms with Crippen molar-refractivity contribution in [2.75, 3.05) is 26.9 Å². The van der Waals surface area contributed by atoms with Crippen LogP contribution in [0.3, 0.4) is 0 Å². The first-order valence-corrected chi connectivity index (χ1v) is 6.14. The second kappa shape index (κ2) is 8.96. The van der Waals surface area contributed by atoms with Crippen molar-refractivity contribution >= 4 is 0 Å². The molecule has 0 aromatic carbocycles. The first-order chi connectivity index (χ1) is 8.36. The van der Waals surface area contributed by atoms with Gasteiger partial charge in [0.2, 0.25) is 5.88 Å². The summed E-state index contributed by atoms with van der Waals surface area (Å²) in [5, 5.41) is 3.35. The van der Waals surface area contributed by atoms with Crippen molar-refractivity contribution < 1.29 is 9.47 Å². The number of hydrogen-bond donors (Lipinski definition) is 1. The van der Waals surface area contributed by atoms with Crippen LogP contribution in [0.25, 0.3) is 0 Å². The molecule has 0 radical (unpaired) electrons. The molecule has 0 saturated carbocycles. The average molecular weight is 238 g/mol. The lowest BCUT2D eigenvalue weighted by Gasteiger charge is -2.07. The summed E-state index contributed by atoms with van der Waals surface area (Å²) >= 11 is 0. The Labute approximate surface area is 103 Å². The zero-order valence-corrected chi connectivity index (χ0v) is 10.7. The summed E-state index contributed by atoms with van der Waals surface area (Å²) in [5.41, 5.74) is 1.20. The Morgan fingerprint density at radius 3 is 3.00 bits per heavy atom. The Bertz CT molecular complexity index is 305. The molecule has 1 heterocycles. The monoisotopic (exact) mass is 238 g/mol. The number of aromatic nitrogens is 1. The van der Waals surface area contributed by atoms with E-state index in [1.54, 1.807) is 13.3 Å². The molecule has 0 saturated heterocycles.